The van der Waals surface area contributed by atoms with Crippen LogP contribution in [0.15, 0.2) is 24.3 Å². The van der Waals surface area contributed by atoms with E-state index in [1.165, 1.54) is 25.1 Å². The van der Waals surface area contributed by atoms with Crippen LogP contribution in [0.3, 0.4) is 0 Å². The smallest absolute Gasteiger partial charge is 0.316 e. The van der Waals surface area contributed by atoms with Gasteiger partial charge in [0.25, 0.3) is 5.91 Å². The standard InChI is InChI=1S/C21H27N3O4S/c1-15(21(27)23-17-10-8-16(12-22)9-11-17)28-20(26)14-29-13-19(25)24(2)18-6-4-3-5-7-18/h8-11,15,18H,3-7,13-14H2,1-2H3,(H,23,27)/t15-/m0/s1. The van der Waals surface area contributed by atoms with Crippen LogP contribution < -0.4 is 5.32 Å². The number of anilines is 1. The normalized spacial score (nSPS) is 15.1. The van der Waals surface area contributed by atoms with E-state index in [2.05, 4.69) is 5.32 Å². The number of nitrogens with one attached hydrogen (secondary N) is 1. The summed E-state index contributed by atoms with van der Waals surface area (Å²) in [6, 6.07) is 8.69. The van der Waals surface area contributed by atoms with Crippen LogP contribution >= 0.6 is 11.8 Å². The van der Waals surface area contributed by atoms with E-state index in [0.29, 0.717) is 17.3 Å². The molecule has 1 aliphatic rings. The number of ether oxygens (including phenoxy) is 1. The summed E-state index contributed by atoms with van der Waals surface area (Å²) in [5.41, 5.74) is 1.01. The van der Waals surface area contributed by atoms with Gasteiger partial charge in [-0.25, -0.2) is 0 Å². The lowest BCUT2D eigenvalue weighted by Gasteiger charge is -2.31. The van der Waals surface area contributed by atoms with E-state index in [0.717, 1.165) is 25.7 Å². The van der Waals surface area contributed by atoms with Crippen molar-refractivity contribution in [2.45, 2.75) is 51.2 Å². The molecule has 0 heterocycles. The Morgan fingerprint density at radius 3 is 2.48 bits per heavy atom. The molecule has 0 unspecified atom stereocenters. The van der Waals surface area contributed by atoms with Crippen molar-refractivity contribution in [3.63, 3.8) is 0 Å². The van der Waals surface area contributed by atoms with Crippen molar-refractivity contribution in [3.05, 3.63) is 29.8 Å². The van der Waals surface area contributed by atoms with E-state index < -0.39 is 18.0 Å². The average molecular weight is 418 g/mol. The first-order chi connectivity index (χ1) is 13.9. The number of carbonyl (C=O) groups is 3. The lowest BCUT2D eigenvalue weighted by molar-refractivity contribution is -0.150. The molecule has 1 saturated carbocycles. The maximum absolute atomic E-state index is 12.3. The summed E-state index contributed by atoms with van der Waals surface area (Å²) in [4.78, 5) is 38.2. The van der Waals surface area contributed by atoms with Gasteiger partial charge in [-0.05, 0) is 44.0 Å². The van der Waals surface area contributed by atoms with Crippen molar-refractivity contribution in [1.82, 2.24) is 4.90 Å². The lowest BCUT2D eigenvalue weighted by atomic mass is 9.94. The van der Waals surface area contributed by atoms with Crippen LogP contribution in [0, 0.1) is 11.3 Å². The maximum atomic E-state index is 12.3. The van der Waals surface area contributed by atoms with E-state index >= 15 is 0 Å². The Balaban J connectivity index is 1.68. The molecule has 156 valence electrons. The first-order valence-corrected chi connectivity index (χ1v) is 10.9. The second-order valence-electron chi connectivity index (χ2n) is 7.10. The summed E-state index contributed by atoms with van der Waals surface area (Å²) < 4.78 is 5.14. The molecule has 0 saturated heterocycles. The van der Waals surface area contributed by atoms with Gasteiger partial charge < -0.3 is 15.0 Å². The van der Waals surface area contributed by atoms with E-state index in [1.54, 1.807) is 29.2 Å². The van der Waals surface area contributed by atoms with Gasteiger partial charge in [0.15, 0.2) is 6.10 Å². The minimum atomic E-state index is -0.959. The Labute approximate surface area is 175 Å². The summed E-state index contributed by atoms with van der Waals surface area (Å²) in [6.07, 6.45) is 4.67. The maximum Gasteiger partial charge on any atom is 0.316 e. The van der Waals surface area contributed by atoms with Crippen molar-refractivity contribution < 1.29 is 19.1 Å². The van der Waals surface area contributed by atoms with Gasteiger partial charge in [0.2, 0.25) is 5.91 Å². The molecule has 29 heavy (non-hydrogen) atoms. The van der Waals surface area contributed by atoms with E-state index in [4.69, 9.17) is 10.00 Å². The van der Waals surface area contributed by atoms with Crippen LogP contribution in [0.1, 0.15) is 44.6 Å². The van der Waals surface area contributed by atoms with Gasteiger partial charge in [0.1, 0.15) is 0 Å². The molecule has 2 rings (SSSR count). The molecular formula is C21H27N3O4S. The quantitative estimate of drug-likeness (QED) is 0.653. The Bertz CT molecular complexity index is 754. The van der Waals surface area contributed by atoms with Gasteiger partial charge in [-0.3, -0.25) is 14.4 Å². The van der Waals surface area contributed by atoms with Crippen LogP contribution in [0.25, 0.3) is 0 Å². The second-order valence-corrected chi connectivity index (χ2v) is 8.09. The van der Waals surface area contributed by atoms with Gasteiger partial charge in [-0.2, -0.15) is 5.26 Å². The highest BCUT2D eigenvalue weighted by molar-refractivity contribution is 8.00. The summed E-state index contributed by atoms with van der Waals surface area (Å²) in [7, 11) is 1.83. The van der Waals surface area contributed by atoms with Gasteiger partial charge >= 0.3 is 5.97 Å². The van der Waals surface area contributed by atoms with Crippen molar-refractivity contribution in [2.24, 2.45) is 0 Å². The molecule has 7 nitrogen and oxygen atoms in total. The number of rotatable bonds is 8. The minimum absolute atomic E-state index is 0.0126. The summed E-state index contributed by atoms with van der Waals surface area (Å²) in [5.74, 6) is -0.750. The highest BCUT2D eigenvalue weighted by Gasteiger charge is 2.23. The predicted octanol–water partition coefficient (Wildman–Crippen LogP) is 2.95. The van der Waals surface area contributed by atoms with Crippen LogP contribution in [-0.2, 0) is 19.1 Å². The number of hydrogen-bond acceptors (Lipinski definition) is 6. The molecule has 1 fully saturated rings. The lowest BCUT2D eigenvalue weighted by Crippen LogP contribution is -2.39. The van der Waals surface area contributed by atoms with E-state index in [-0.39, 0.29) is 17.4 Å². The Morgan fingerprint density at radius 1 is 1.21 bits per heavy atom. The molecule has 1 aromatic rings. The van der Waals surface area contributed by atoms with E-state index in [9.17, 15) is 14.4 Å². The number of nitrogens with zero attached hydrogens (tertiary/aromatic N) is 2. The fourth-order valence-corrected chi connectivity index (χ4v) is 3.87. The second kappa shape index (κ2) is 11.5. The van der Waals surface area contributed by atoms with Crippen LogP contribution in [-0.4, -0.2) is 53.4 Å². The Hall–Kier alpha value is -2.53. The van der Waals surface area contributed by atoms with Crippen LogP contribution in [0.4, 0.5) is 5.69 Å². The molecule has 8 heteroatoms. The Kier molecular flexibility index (Phi) is 9.00. The van der Waals surface area contributed by atoms with Crippen molar-refractivity contribution in [3.8, 4) is 6.07 Å². The predicted molar refractivity (Wildman–Crippen MR) is 112 cm³/mol. The molecule has 0 aromatic heterocycles. The van der Waals surface area contributed by atoms with Crippen molar-refractivity contribution in [1.29, 1.82) is 5.26 Å². The summed E-state index contributed by atoms with van der Waals surface area (Å²) in [5, 5.41) is 11.4. The fourth-order valence-electron chi connectivity index (χ4n) is 3.15. The molecule has 1 aromatic carbocycles. The first kappa shape index (κ1) is 22.8. The molecule has 0 radical (unpaired) electrons. The highest BCUT2D eigenvalue weighted by atomic mass is 32.2. The van der Waals surface area contributed by atoms with Crippen molar-refractivity contribution in [2.75, 3.05) is 23.9 Å². The zero-order valence-corrected chi connectivity index (χ0v) is 17.7. The monoisotopic (exact) mass is 417 g/mol. The molecule has 1 atom stereocenters. The number of thioether (sulfide) groups is 1. The number of amides is 2. The third kappa shape index (κ3) is 7.42. The molecule has 0 bridgehead atoms. The molecule has 1 N–H and O–H groups in total. The average Bonchev–Trinajstić information content (AvgIpc) is 2.74. The zero-order chi connectivity index (χ0) is 21.2. The number of carbonyl (C=O) groups excluding carboxylic acids is 3. The Morgan fingerprint density at radius 2 is 1.86 bits per heavy atom. The third-order valence-electron chi connectivity index (χ3n) is 4.92. The zero-order valence-electron chi connectivity index (χ0n) is 16.8. The first-order valence-electron chi connectivity index (χ1n) is 9.74. The van der Waals surface area contributed by atoms with Crippen molar-refractivity contribution >= 4 is 35.2 Å². The highest BCUT2D eigenvalue weighted by Crippen LogP contribution is 2.22. The van der Waals surface area contributed by atoms with Gasteiger partial charge in [0.05, 0.1) is 23.1 Å². The van der Waals surface area contributed by atoms with Gasteiger partial charge in [0, 0.05) is 18.8 Å². The van der Waals surface area contributed by atoms with E-state index in [1.807, 2.05) is 13.1 Å². The number of hydrogen-bond donors (Lipinski definition) is 1. The third-order valence-corrected chi connectivity index (χ3v) is 5.81. The number of esters is 1. The molecule has 0 aliphatic heterocycles. The largest absolute Gasteiger partial charge is 0.452 e. The minimum Gasteiger partial charge on any atom is -0.452 e. The topological polar surface area (TPSA) is 99.5 Å². The molecular weight excluding hydrogens is 390 g/mol. The van der Waals surface area contributed by atoms with Crippen LogP contribution in [0.2, 0.25) is 0 Å². The van der Waals surface area contributed by atoms with Gasteiger partial charge in [-0.1, -0.05) is 19.3 Å². The SMILES string of the molecule is C[C@H](OC(=O)CSCC(=O)N(C)C1CCCCC1)C(=O)Nc1ccc(C#N)cc1. The number of nitriles is 1. The summed E-state index contributed by atoms with van der Waals surface area (Å²) >= 11 is 1.20. The number of benzene rings is 1. The molecule has 1 aliphatic carbocycles. The fraction of sp³-hybridized carbons (Fsp3) is 0.524. The van der Waals surface area contributed by atoms with Crippen LogP contribution in [0.5, 0.6) is 0 Å². The summed E-state index contributed by atoms with van der Waals surface area (Å²) in [6.45, 7) is 1.49. The van der Waals surface area contributed by atoms with Gasteiger partial charge in [-0.15, -0.1) is 11.8 Å². The molecule has 2 amide bonds. The molecule has 0 spiro atoms.